The second-order valence-electron chi connectivity index (χ2n) is 6.48. The van der Waals surface area contributed by atoms with Crippen LogP contribution >= 0.6 is 0 Å². The van der Waals surface area contributed by atoms with Gasteiger partial charge in [-0.05, 0) is 36.9 Å². The Morgan fingerprint density at radius 3 is 2.45 bits per heavy atom. The van der Waals surface area contributed by atoms with Gasteiger partial charge in [0.1, 0.15) is 12.4 Å². The zero-order valence-electron chi connectivity index (χ0n) is 17.6. The van der Waals surface area contributed by atoms with Crippen molar-refractivity contribution in [3.63, 3.8) is 0 Å². The van der Waals surface area contributed by atoms with Gasteiger partial charge in [-0.1, -0.05) is 13.8 Å². The molecule has 0 aliphatic rings. The highest BCUT2D eigenvalue weighted by Gasteiger charge is 2.12. The summed E-state index contributed by atoms with van der Waals surface area (Å²) in [5, 5.41) is 0. The van der Waals surface area contributed by atoms with Gasteiger partial charge in [0, 0.05) is 26.9 Å². The van der Waals surface area contributed by atoms with Crippen LogP contribution in [0.3, 0.4) is 0 Å². The number of hydrogen-bond donors (Lipinski definition) is 1. The Morgan fingerprint density at radius 1 is 1.14 bits per heavy atom. The molecule has 0 spiro atoms. The molecule has 1 aromatic carbocycles. The number of aliphatic imine (C=N–C) groups is 1. The Kier molecular flexibility index (Phi) is 7.60. The van der Waals surface area contributed by atoms with E-state index >= 15 is 0 Å². The van der Waals surface area contributed by atoms with Gasteiger partial charge in [-0.25, -0.2) is 9.79 Å². The molecular weight excluding hydrogens is 374 g/mol. The first-order chi connectivity index (χ1) is 13.8. The number of anilines is 1. The van der Waals surface area contributed by atoms with E-state index in [0.29, 0.717) is 23.7 Å². The van der Waals surface area contributed by atoms with Gasteiger partial charge >= 0.3 is 5.69 Å². The van der Waals surface area contributed by atoms with Gasteiger partial charge in [0.05, 0.1) is 7.11 Å². The second kappa shape index (κ2) is 9.92. The molecule has 0 aliphatic heterocycles. The second-order valence-corrected chi connectivity index (χ2v) is 6.48. The van der Waals surface area contributed by atoms with Gasteiger partial charge in [0.25, 0.3) is 5.56 Å². The van der Waals surface area contributed by atoms with Crippen molar-refractivity contribution in [3.05, 3.63) is 44.6 Å². The molecule has 0 saturated carbocycles. The number of aromatic nitrogens is 2. The number of likely N-dealkylation sites (N-methyl/N-ethyl adjacent to an activating group) is 1. The number of hydrogen-bond acceptors (Lipinski definition) is 7. The smallest absolute Gasteiger partial charge is 0.332 e. The quantitative estimate of drug-likeness (QED) is 0.630. The monoisotopic (exact) mass is 403 g/mol. The minimum atomic E-state index is -0.550. The average molecular weight is 403 g/mol. The Hall–Kier alpha value is -3.07. The van der Waals surface area contributed by atoms with Crippen molar-refractivity contribution in [2.75, 3.05) is 39.1 Å². The van der Waals surface area contributed by atoms with E-state index in [4.69, 9.17) is 15.2 Å². The third kappa shape index (κ3) is 5.05. The van der Waals surface area contributed by atoms with Crippen LogP contribution in [-0.4, -0.2) is 53.6 Å². The number of nitrogens with two attached hydrogens (primary N) is 1. The van der Waals surface area contributed by atoms with E-state index in [1.807, 2.05) is 0 Å². The lowest BCUT2D eigenvalue weighted by Gasteiger charge is -2.18. The van der Waals surface area contributed by atoms with Gasteiger partial charge < -0.3 is 20.1 Å². The molecule has 1 heterocycles. The molecule has 0 bridgehead atoms. The van der Waals surface area contributed by atoms with Crippen LogP contribution < -0.4 is 26.5 Å². The average Bonchev–Trinajstić information content (AvgIpc) is 2.74. The van der Waals surface area contributed by atoms with Crippen LogP contribution in [0.5, 0.6) is 11.5 Å². The third-order valence-corrected chi connectivity index (χ3v) is 4.77. The molecule has 2 N–H and O–H groups in total. The molecule has 0 radical (unpaired) electrons. The number of rotatable bonds is 9. The summed E-state index contributed by atoms with van der Waals surface area (Å²) in [7, 11) is 4.46. The molecule has 1 aromatic heterocycles. The summed E-state index contributed by atoms with van der Waals surface area (Å²) in [6, 6.07) is 5.35. The number of nitrogens with zero attached hydrogens (tertiary/aromatic N) is 4. The summed E-state index contributed by atoms with van der Waals surface area (Å²) in [5.41, 5.74) is 5.57. The lowest BCUT2D eigenvalue weighted by atomic mass is 10.2. The third-order valence-electron chi connectivity index (χ3n) is 4.77. The number of nitrogen functional groups attached to an aromatic ring is 1. The van der Waals surface area contributed by atoms with E-state index in [0.717, 1.165) is 24.2 Å². The van der Waals surface area contributed by atoms with Crippen molar-refractivity contribution in [2.45, 2.75) is 13.8 Å². The minimum Gasteiger partial charge on any atom is -0.493 e. The molecule has 0 atom stereocenters. The highest BCUT2D eigenvalue weighted by atomic mass is 16.5. The first-order valence-electron chi connectivity index (χ1n) is 9.46. The van der Waals surface area contributed by atoms with Crippen LogP contribution in [0.1, 0.15) is 19.4 Å². The summed E-state index contributed by atoms with van der Waals surface area (Å²) in [4.78, 5) is 30.7. The maximum atomic E-state index is 12.3. The molecule has 0 fully saturated rings. The Morgan fingerprint density at radius 2 is 1.83 bits per heavy atom. The van der Waals surface area contributed by atoms with Crippen molar-refractivity contribution in [3.8, 4) is 11.5 Å². The van der Waals surface area contributed by atoms with E-state index < -0.39 is 11.2 Å². The maximum Gasteiger partial charge on any atom is 0.332 e. The summed E-state index contributed by atoms with van der Waals surface area (Å²) >= 11 is 0. The zero-order valence-corrected chi connectivity index (χ0v) is 17.6. The molecule has 29 heavy (non-hydrogen) atoms. The molecule has 0 amide bonds. The van der Waals surface area contributed by atoms with Gasteiger partial charge in [-0.2, -0.15) is 0 Å². The van der Waals surface area contributed by atoms with Crippen LogP contribution in [0.4, 0.5) is 11.5 Å². The lowest BCUT2D eigenvalue weighted by molar-refractivity contribution is 0.217. The molecule has 0 saturated heterocycles. The molecule has 2 aromatic rings. The van der Waals surface area contributed by atoms with Crippen LogP contribution in [-0.2, 0) is 14.1 Å². The number of methoxy groups -OCH3 is 1. The minimum absolute atomic E-state index is 0.00872. The summed E-state index contributed by atoms with van der Waals surface area (Å²) in [5.74, 6) is 1.21. The van der Waals surface area contributed by atoms with Crippen molar-refractivity contribution in [1.29, 1.82) is 0 Å². The fraction of sp³-hybridized carbons (Fsp3) is 0.450. The first kappa shape index (κ1) is 22.2. The summed E-state index contributed by atoms with van der Waals surface area (Å²) in [6.45, 7) is 7.46. The molecule has 0 aliphatic carbocycles. The van der Waals surface area contributed by atoms with Crippen molar-refractivity contribution < 1.29 is 9.47 Å². The van der Waals surface area contributed by atoms with E-state index in [1.165, 1.54) is 24.9 Å². The molecule has 9 heteroatoms. The van der Waals surface area contributed by atoms with Crippen LogP contribution in [0.15, 0.2) is 32.8 Å². The van der Waals surface area contributed by atoms with Gasteiger partial charge in [-0.3, -0.25) is 13.9 Å². The molecular formula is C20H29N5O4. The van der Waals surface area contributed by atoms with Crippen LogP contribution in [0, 0.1) is 0 Å². The van der Waals surface area contributed by atoms with Gasteiger partial charge in [0.2, 0.25) is 0 Å². The molecule has 158 valence electrons. The molecule has 0 unspecified atom stereocenters. The van der Waals surface area contributed by atoms with Crippen LogP contribution in [0.2, 0.25) is 0 Å². The Bertz CT molecular complexity index is 990. The molecule has 9 nitrogen and oxygen atoms in total. The fourth-order valence-electron chi connectivity index (χ4n) is 2.81. The van der Waals surface area contributed by atoms with E-state index in [9.17, 15) is 9.59 Å². The summed E-state index contributed by atoms with van der Waals surface area (Å²) < 4.78 is 13.4. The summed E-state index contributed by atoms with van der Waals surface area (Å²) in [6.07, 6.45) is 1.51. The largest absolute Gasteiger partial charge is 0.493 e. The fourth-order valence-corrected chi connectivity index (χ4v) is 2.81. The molecule has 2 rings (SSSR count). The maximum absolute atomic E-state index is 12.3. The van der Waals surface area contributed by atoms with E-state index in [-0.39, 0.29) is 11.5 Å². The highest BCUT2D eigenvalue weighted by Crippen LogP contribution is 2.28. The predicted octanol–water partition coefficient (Wildman–Crippen LogP) is 1.15. The van der Waals surface area contributed by atoms with Crippen molar-refractivity contribution in [1.82, 2.24) is 14.0 Å². The van der Waals surface area contributed by atoms with Crippen LogP contribution in [0.25, 0.3) is 0 Å². The standard InChI is InChI=1S/C20H29N5O4/c1-6-25(7-2)10-11-29-16-12-14(8-9-15(16)28-5)13-22-17-18(21)23(3)20(27)24(4)19(17)26/h8-9,12-13H,6-7,10-11,21H2,1-5H3. The van der Waals surface area contributed by atoms with Gasteiger partial charge in [-0.15, -0.1) is 0 Å². The Labute approximate surface area is 170 Å². The predicted molar refractivity (Wildman–Crippen MR) is 115 cm³/mol. The zero-order chi connectivity index (χ0) is 21.6. The van der Waals surface area contributed by atoms with E-state index in [1.54, 1.807) is 25.3 Å². The topological polar surface area (TPSA) is 104 Å². The number of benzene rings is 1. The normalized spacial score (nSPS) is 11.4. The first-order valence-corrected chi connectivity index (χ1v) is 9.46. The van der Waals surface area contributed by atoms with Crippen molar-refractivity contribution in [2.24, 2.45) is 19.1 Å². The number of ether oxygens (including phenoxy) is 2. The van der Waals surface area contributed by atoms with Crippen molar-refractivity contribution >= 4 is 17.7 Å². The lowest BCUT2D eigenvalue weighted by Crippen LogP contribution is -2.37. The Balaban J connectivity index is 2.28. The SMILES string of the molecule is CCN(CC)CCOc1cc(C=Nc2c(N)n(C)c(=O)n(C)c2=O)ccc1OC. The van der Waals surface area contributed by atoms with Gasteiger partial charge in [0.15, 0.2) is 17.2 Å². The van der Waals surface area contributed by atoms with E-state index in [2.05, 4.69) is 23.7 Å². The highest BCUT2D eigenvalue weighted by molar-refractivity contribution is 5.84.